The van der Waals surface area contributed by atoms with Gasteiger partial charge in [0.15, 0.2) is 0 Å². The normalized spacial score (nSPS) is 16.6. The number of nitrogens with one attached hydrogen (secondary N) is 1. The zero-order valence-electron chi connectivity index (χ0n) is 9.67. The molecule has 0 unspecified atom stereocenters. The lowest BCUT2D eigenvalue weighted by molar-refractivity contribution is -0.148. The molecule has 0 atom stereocenters. The number of amides is 1. The Kier molecular flexibility index (Phi) is 3.45. The second-order valence-electron chi connectivity index (χ2n) is 4.44. The Morgan fingerprint density at radius 3 is 2.37 bits per heavy atom. The smallest absolute Gasteiger partial charge is 0.329 e. The highest BCUT2D eigenvalue weighted by Crippen LogP contribution is 2.32. The standard InChI is InChI=1S/C12H10ClF2NO3/c13-7-5-8(14)6(4-9(7)15)10(17)16-12(11(18)19)2-1-3-12/h4-5H,1-3H2,(H,16,17)(H,18,19). The molecular weight excluding hydrogens is 280 g/mol. The number of halogens is 3. The summed E-state index contributed by atoms with van der Waals surface area (Å²) in [5.74, 6) is -4.08. The number of carbonyl (C=O) groups is 2. The van der Waals surface area contributed by atoms with E-state index in [-0.39, 0.29) is 12.8 Å². The second-order valence-corrected chi connectivity index (χ2v) is 4.85. The fourth-order valence-corrected chi connectivity index (χ4v) is 2.05. The molecule has 2 rings (SSSR count). The number of carbonyl (C=O) groups excluding carboxylic acids is 1. The van der Waals surface area contributed by atoms with Gasteiger partial charge in [-0.1, -0.05) is 11.6 Å². The number of aliphatic carboxylic acids is 1. The van der Waals surface area contributed by atoms with Crippen molar-refractivity contribution < 1.29 is 23.5 Å². The van der Waals surface area contributed by atoms with Crippen LogP contribution in [0.4, 0.5) is 8.78 Å². The first-order valence-corrected chi connectivity index (χ1v) is 5.94. The lowest BCUT2D eigenvalue weighted by Gasteiger charge is -2.38. The first kappa shape index (κ1) is 13.7. The van der Waals surface area contributed by atoms with Crippen LogP contribution in [0.15, 0.2) is 12.1 Å². The summed E-state index contributed by atoms with van der Waals surface area (Å²) in [7, 11) is 0. The molecule has 0 bridgehead atoms. The maximum atomic E-state index is 13.5. The first-order chi connectivity index (χ1) is 8.85. The molecule has 19 heavy (non-hydrogen) atoms. The molecule has 2 N–H and O–H groups in total. The Hall–Kier alpha value is -1.69. The lowest BCUT2D eigenvalue weighted by atomic mass is 9.76. The topological polar surface area (TPSA) is 66.4 Å². The maximum absolute atomic E-state index is 13.5. The zero-order chi connectivity index (χ0) is 14.2. The van der Waals surface area contributed by atoms with Gasteiger partial charge < -0.3 is 10.4 Å². The Morgan fingerprint density at radius 1 is 1.26 bits per heavy atom. The van der Waals surface area contributed by atoms with Gasteiger partial charge in [0.25, 0.3) is 5.91 Å². The fraction of sp³-hybridized carbons (Fsp3) is 0.333. The molecule has 0 radical (unpaired) electrons. The van der Waals surface area contributed by atoms with Crippen LogP contribution in [0.2, 0.25) is 5.02 Å². The van der Waals surface area contributed by atoms with Crippen molar-refractivity contribution in [2.75, 3.05) is 0 Å². The van der Waals surface area contributed by atoms with Crippen LogP contribution in [0.3, 0.4) is 0 Å². The van der Waals surface area contributed by atoms with E-state index in [4.69, 9.17) is 16.7 Å². The van der Waals surface area contributed by atoms with E-state index in [1.54, 1.807) is 0 Å². The van der Waals surface area contributed by atoms with E-state index in [0.29, 0.717) is 18.6 Å². The molecule has 1 amide bonds. The third-order valence-corrected chi connectivity index (χ3v) is 3.51. The minimum atomic E-state index is -1.38. The van der Waals surface area contributed by atoms with Crippen molar-refractivity contribution >= 4 is 23.5 Å². The third-order valence-electron chi connectivity index (χ3n) is 3.22. The molecule has 0 spiro atoms. The van der Waals surface area contributed by atoms with Crippen molar-refractivity contribution in [3.63, 3.8) is 0 Å². The summed E-state index contributed by atoms with van der Waals surface area (Å²) in [5.41, 5.74) is -1.94. The summed E-state index contributed by atoms with van der Waals surface area (Å²) in [4.78, 5) is 22.9. The van der Waals surface area contributed by atoms with Crippen LogP contribution in [-0.2, 0) is 4.79 Å². The Balaban J connectivity index is 2.25. The van der Waals surface area contributed by atoms with Crippen molar-refractivity contribution in [2.45, 2.75) is 24.8 Å². The van der Waals surface area contributed by atoms with Crippen molar-refractivity contribution in [1.29, 1.82) is 0 Å². The molecule has 7 heteroatoms. The third kappa shape index (κ3) is 2.40. The molecule has 1 saturated carbocycles. The van der Waals surface area contributed by atoms with Crippen LogP contribution in [0.25, 0.3) is 0 Å². The van der Waals surface area contributed by atoms with Gasteiger partial charge in [-0.05, 0) is 31.4 Å². The second kappa shape index (κ2) is 4.77. The molecular formula is C12H10ClF2NO3. The molecule has 1 aliphatic carbocycles. The largest absolute Gasteiger partial charge is 0.480 e. The summed E-state index contributed by atoms with van der Waals surface area (Å²) < 4.78 is 26.7. The predicted molar refractivity (Wildman–Crippen MR) is 63.1 cm³/mol. The lowest BCUT2D eigenvalue weighted by Crippen LogP contribution is -2.59. The minimum Gasteiger partial charge on any atom is -0.480 e. The van der Waals surface area contributed by atoms with Crippen LogP contribution in [0.1, 0.15) is 29.6 Å². The van der Waals surface area contributed by atoms with Gasteiger partial charge in [-0.3, -0.25) is 4.79 Å². The Bertz CT molecular complexity index is 558. The summed E-state index contributed by atoms with van der Waals surface area (Å²) in [6, 6.07) is 1.33. The highest BCUT2D eigenvalue weighted by Gasteiger charge is 2.46. The van der Waals surface area contributed by atoms with Crippen LogP contribution in [0, 0.1) is 11.6 Å². The number of benzene rings is 1. The van der Waals surface area contributed by atoms with E-state index in [9.17, 15) is 18.4 Å². The van der Waals surface area contributed by atoms with Gasteiger partial charge in [-0.2, -0.15) is 0 Å². The van der Waals surface area contributed by atoms with Crippen LogP contribution in [0.5, 0.6) is 0 Å². The van der Waals surface area contributed by atoms with E-state index in [2.05, 4.69) is 5.32 Å². The summed E-state index contributed by atoms with van der Waals surface area (Å²) in [5, 5.41) is 10.8. The predicted octanol–water partition coefficient (Wildman–Crippen LogP) is 2.36. The van der Waals surface area contributed by atoms with Gasteiger partial charge >= 0.3 is 5.97 Å². The molecule has 0 aromatic heterocycles. The Morgan fingerprint density at radius 2 is 1.89 bits per heavy atom. The molecule has 0 aliphatic heterocycles. The average Bonchev–Trinajstić information content (AvgIpc) is 2.27. The Labute approximate surface area is 112 Å². The molecule has 102 valence electrons. The van der Waals surface area contributed by atoms with E-state index < -0.39 is 39.6 Å². The summed E-state index contributed by atoms with van der Waals surface area (Å²) >= 11 is 5.37. The number of hydrogen-bond acceptors (Lipinski definition) is 2. The van der Waals surface area contributed by atoms with Gasteiger partial charge in [0.2, 0.25) is 0 Å². The van der Waals surface area contributed by atoms with Crippen LogP contribution < -0.4 is 5.32 Å². The molecule has 1 aliphatic rings. The van der Waals surface area contributed by atoms with Crippen LogP contribution in [-0.4, -0.2) is 22.5 Å². The number of carboxylic acid groups (broad SMARTS) is 1. The van der Waals surface area contributed by atoms with Crippen LogP contribution >= 0.6 is 11.6 Å². The van der Waals surface area contributed by atoms with Gasteiger partial charge in [0.1, 0.15) is 17.2 Å². The van der Waals surface area contributed by atoms with E-state index in [0.717, 1.165) is 0 Å². The summed E-state index contributed by atoms with van der Waals surface area (Å²) in [6.07, 6.45) is 1.20. The first-order valence-electron chi connectivity index (χ1n) is 5.56. The monoisotopic (exact) mass is 289 g/mol. The van der Waals surface area contributed by atoms with E-state index in [1.165, 1.54) is 0 Å². The molecule has 1 fully saturated rings. The number of rotatable bonds is 3. The fourth-order valence-electron chi connectivity index (χ4n) is 1.90. The molecule has 1 aromatic carbocycles. The number of carboxylic acids is 1. The molecule has 1 aromatic rings. The quantitative estimate of drug-likeness (QED) is 0.840. The van der Waals surface area contributed by atoms with E-state index >= 15 is 0 Å². The molecule has 0 heterocycles. The van der Waals surface area contributed by atoms with Gasteiger partial charge in [-0.15, -0.1) is 0 Å². The van der Waals surface area contributed by atoms with Crippen molar-refractivity contribution in [3.05, 3.63) is 34.4 Å². The minimum absolute atomic E-state index is 0.270. The average molecular weight is 290 g/mol. The summed E-state index contributed by atoms with van der Waals surface area (Å²) in [6.45, 7) is 0. The van der Waals surface area contributed by atoms with Gasteiger partial charge in [0, 0.05) is 0 Å². The highest BCUT2D eigenvalue weighted by molar-refractivity contribution is 6.30. The zero-order valence-corrected chi connectivity index (χ0v) is 10.4. The van der Waals surface area contributed by atoms with Crippen molar-refractivity contribution in [3.8, 4) is 0 Å². The van der Waals surface area contributed by atoms with Gasteiger partial charge in [-0.25, -0.2) is 13.6 Å². The van der Waals surface area contributed by atoms with Crippen molar-refractivity contribution in [2.24, 2.45) is 0 Å². The highest BCUT2D eigenvalue weighted by atomic mass is 35.5. The maximum Gasteiger partial charge on any atom is 0.329 e. The SMILES string of the molecule is O=C(NC1(C(=O)O)CCC1)c1cc(F)c(Cl)cc1F. The number of hydrogen-bond donors (Lipinski definition) is 2. The molecule has 4 nitrogen and oxygen atoms in total. The van der Waals surface area contributed by atoms with Crippen molar-refractivity contribution in [1.82, 2.24) is 5.32 Å². The van der Waals surface area contributed by atoms with E-state index in [1.807, 2.05) is 0 Å². The van der Waals surface area contributed by atoms with Gasteiger partial charge in [0.05, 0.1) is 10.6 Å². The molecule has 0 saturated heterocycles.